The van der Waals surface area contributed by atoms with Gasteiger partial charge in [0.2, 0.25) is 17.7 Å². The number of nitrogens with one attached hydrogen (secondary N) is 3. The number of carboxylic acids is 1. The average Bonchev–Trinajstić information content (AvgIpc) is 3.45. The average molecular weight is 486 g/mol. The number of fused-ring (bicyclic) bond motifs is 1. The second-order valence-corrected chi connectivity index (χ2v) is 9.62. The van der Waals surface area contributed by atoms with E-state index in [1.54, 1.807) is 0 Å². The number of nitrogens with zero attached hydrogens (tertiary/aromatic N) is 1. The predicted octanol–water partition coefficient (Wildman–Crippen LogP) is 1.15. The Morgan fingerprint density at radius 2 is 1.86 bits per heavy atom. The number of hydrogen-bond acceptors (Lipinski definition) is 5. The van der Waals surface area contributed by atoms with Gasteiger partial charge in [-0.15, -0.1) is 0 Å². The van der Waals surface area contributed by atoms with Crippen molar-refractivity contribution in [3.63, 3.8) is 0 Å². The number of aromatic amines is 1. The summed E-state index contributed by atoms with van der Waals surface area (Å²) >= 11 is 0. The molecule has 3 amide bonds. The maximum absolute atomic E-state index is 13.1. The van der Waals surface area contributed by atoms with E-state index in [4.69, 9.17) is 5.73 Å². The third kappa shape index (κ3) is 6.39. The third-order valence-electron chi connectivity index (χ3n) is 6.35. The molecule has 190 valence electrons. The largest absolute Gasteiger partial charge is 0.480 e. The van der Waals surface area contributed by atoms with Crippen LogP contribution in [0.15, 0.2) is 30.5 Å². The van der Waals surface area contributed by atoms with Crippen molar-refractivity contribution in [1.29, 1.82) is 0 Å². The molecule has 1 saturated heterocycles. The van der Waals surface area contributed by atoms with Gasteiger partial charge in [-0.05, 0) is 50.2 Å². The van der Waals surface area contributed by atoms with Gasteiger partial charge >= 0.3 is 5.97 Å². The molecule has 1 aliphatic heterocycles. The zero-order valence-corrected chi connectivity index (χ0v) is 20.4. The lowest BCUT2D eigenvalue weighted by Gasteiger charge is -2.29. The molecule has 2 heterocycles. The third-order valence-corrected chi connectivity index (χ3v) is 6.35. The molecule has 4 unspecified atom stereocenters. The lowest BCUT2D eigenvalue weighted by atomic mass is 10.0. The van der Waals surface area contributed by atoms with Crippen LogP contribution in [0, 0.1) is 5.92 Å². The summed E-state index contributed by atoms with van der Waals surface area (Å²) in [5.74, 6) is -2.37. The smallest absolute Gasteiger partial charge is 0.326 e. The molecule has 3 rings (SSSR count). The fourth-order valence-electron chi connectivity index (χ4n) is 4.49. The first-order chi connectivity index (χ1) is 16.6. The van der Waals surface area contributed by atoms with E-state index in [1.165, 1.54) is 11.8 Å². The van der Waals surface area contributed by atoms with Crippen LogP contribution in [0.3, 0.4) is 0 Å². The van der Waals surface area contributed by atoms with Gasteiger partial charge in [0.1, 0.15) is 18.1 Å². The Morgan fingerprint density at radius 3 is 2.54 bits per heavy atom. The van der Waals surface area contributed by atoms with Crippen molar-refractivity contribution in [2.75, 3.05) is 6.54 Å². The van der Waals surface area contributed by atoms with Crippen molar-refractivity contribution in [3.8, 4) is 0 Å². The summed E-state index contributed by atoms with van der Waals surface area (Å²) < 4.78 is 0. The van der Waals surface area contributed by atoms with Gasteiger partial charge in [0, 0.05) is 23.6 Å². The fourth-order valence-corrected chi connectivity index (χ4v) is 4.49. The van der Waals surface area contributed by atoms with Gasteiger partial charge in [-0.2, -0.15) is 0 Å². The number of H-pyrrole nitrogens is 1. The maximum Gasteiger partial charge on any atom is 0.326 e. The number of aliphatic carboxylic acids is 1. The lowest BCUT2D eigenvalue weighted by molar-refractivity contribution is -0.149. The van der Waals surface area contributed by atoms with Crippen molar-refractivity contribution in [2.24, 2.45) is 11.7 Å². The molecule has 4 atom stereocenters. The van der Waals surface area contributed by atoms with Crippen LogP contribution in [0.4, 0.5) is 0 Å². The van der Waals surface area contributed by atoms with Gasteiger partial charge in [0.25, 0.3) is 0 Å². The van der Waals surface area contributed by atoms with Gasteiger partial charge in [0.05, 0.1) is 6.04 Å². The zero-order chi connectivity index (χ0) is 25.7. The Kier molecular flexibility index (Phi) is 8.50. The van der Waals surface area contributed by atoms with Gasteiger partial charge in [0.15, 0.2) is 0 Å². The monoisotopic (exact) mass is 485 g/mol. The van der Waals surface area contributed by atoms with Crippen LogP contribution < -0.4 is 16.4 Å². The van der Waals surface area contributed by atoms with Crippen molar-refractivity contribution < 1.29 is 24.3 Å². The van der Waals surface area contributed by atoms with Crippen molar-refractivity contribution in [1.82, 2.24) is 20.5 Å². The Morgan fingerprint density at radius 1 is 1.14 bits per heavy atom. The van der Waals surface area contributed by atoms with Gasteiger partial charge in [-0.1, -0.05) is 32.0 Å². The van der Waals surface area contributed by atoms with E-state index in [2.05, 4.69) is 15.6 Å². The SMILES string of the molecule is CC(C)CC(NC(=O)C(C)NC(=O)C(N)Cc1c[nH]c2ccccc12)C(=O)N1CCCC1C(=O)O. The number of aromatic nitrogens is 1. The summed E-state index contributed by atoms with van der Waals surface area (Å²) in [7, 11) is 0. The molecule has 0 aliphatic carbocycles. The van der Waals surface area contributed by atoms with Crippen LogP contribution >= 0.6 is 0 Å². The lowest BCUT2D eigenvalue weighted by Crippen LogP contribution is -2.56. The Balaban J connectivity index is 1.60. The number of carbonyl (C=O) groups excluding carboxylic acids is 3. The first kappa shape index (κ1) is 26.2. The molecule has 1 aromatic carbocycles. The minimum absolute atomic E-state index is 0.0876. The number of para-hydroxylation sites is 1. The van der Waals surface area contributed by atoms with Crippen LogP contribution in [-0.2, 0) is 25.6 Å². The predicted molar refractivity (Wildman–Crippen MR) is 131 cm³/mol. The van der Waals surface area contributed by atoms with Crippen molar-refractivity contribution in [2.45, 2.75) is 70.6 Å². The molecular formula is C25H35N5O5. The van der Waals surface area contributed by atoms with E-state index < -0.39 is 47.9 Å². The maximum atomic E-state index is 13.1. The molecule has 10 nitrogen and oxygen atoms in total. The van der Waals surface area contributed by atoms with E-state index in [9.17, 15) is 24.3 Å². The minimum Gasteiger partial charge on any atom is -0.480 e. The zero-order valence-electron chi connectivity index (χ0n) is 20.4. The summed E-state index contributed by atoms with van der Waals surface area (Å²) in [6.45, 7) is 5.70. The number of amides is 3. The molecule has 0 bridgehead atoms. The van der Waals surface area contributed by atoms with E-state index in [0.29, 0.717) is 32.2 Å². The molecule has 1 fully saturated rings. The highest BCUT2D eigenvalue weighted by atomic mass is 16.4. The van der Waals surface area contributed by atoms with E-state index >= 15 is 0 Å². The van der Waals surface area contributed by atoms with Crippen LogP contribution in [0.5, 0.6) is 0 Å². The number of carboxylic acid groups (broad SMARTS) is 1. The molecule has 1 aromatic heterocycles. The number of likely N-dealkylation sites (tertiary alicyclic amines) is 1. The van der Waals surface area contributed by atoms with Gasteiger partial charge in [-0.3, -0.25) is 14.4 Å². The summed E-state index contributed by atoms with van der Waals surface area (Å²) in [5, 5.41) is 15.8. The van der Waals surface area contributed by atoms with Crippen molar-refractivity contribution in [3.05, 3.63) is 36.0 Å². The van der Waals surface area contributed by atoms with Crippen LogP contribution in [0.25, 0.3) is 10.9 Å². The van der Waals surface area contributed by atoms with E-state index in [0.717, 1.165) is 16.5 Å². The summed E-state index contributed by atoms with van der Waals surface area (Å²) in [5.41, 5.74) is 7.97. The number of rotatable bonds is 10. The summed E-state index contributed by atoms with van der Waals surface area (Å²) in [6, 6.07) is 4.17. The molecule has 0 radical (unpaired) electrons. The van der Waals surface area contributed by atoms with E-state index in [1.807, 2.05) is 44.3 Å². The molecule has 10 heteroatoms. The highest BCUT2D eigenvalue weighted by Crippen LogP contribution is 2.21. The number of benzene rings is 1. The summed E-state index contributed by atoms with van der Waals surface area (Å²) in [6.07, 6.45) is 3.47. The first-order valence-corrected chi connectivity index (χ1v) is 12.0. The molecule has 6 N–H and O–H groups in total. The number of carbonyl (C=O) groups is 4. The normalized spacial score (nSPS) is 18.3. The molecular weight excluding hydrogens is 450 g/mol. The van der Waals surface area contributed by atoms with Gasteiger partial charge in [-0.25, -0.2) is 4.79 Å². The Hall–Kier alpha value is -3.40. The van der Waals surface area contributed by atoms with Crippen LogP contribution in [0.2, 0.25) is 0 Å². The molecule has 0 saturated carbocycles. The second kappa shape index (κ2) is 11.4. The summed E-state index contributed by atoms with van der Waals surface area (Å²) in [4.78, 5) is 54.6. The molecule has 2 aromatic rings. The minimum atomic E-state index is -1.05. The highest BCUT2D eigenvalue weighted by Gasteiger charge is 2.38. The topological polar surface area (TPSA) is 158 Å². The Labute approximate surface area is 204 Å². The Bertz CT molecular complexity index is 1080. The molecule has 1 aliphatic rings. The van der Waals surface area contributed by atoms with E-state index in [-0.39, 0.29) is 5.92 Å². The quantitative estimate of drug-likeness (QED) is 0.340. The second-order valence-electron chi connectivity index (χ2n) is 9.62. The highest BCUT2D eigenvalue weighted by molar-refractivity contribution is 5.94. The number of hydrogen-bond donors (Lipinski definition) is 5. The van der Waals surface area contributed by atoms with Crippen LogP contribution in [-0.4, -0.2) is 69.4 Å². The molecule has 0 spiro atoms. The van der Waals surface area contributed by atoms with Crippen molar-refractivity contribution >= 4 is 34.6 Å². The first-order valence-electron chi connectivity index (χ1n) is 12.0. The van der Waals surface area contributed by atoms with Crippen LogP contribution in [0.1, 0.15) is 45.6 Å². The molecule has 35 heavy (non-hydrogen) atoms. The standard InChI is InChI=1S/C25H35N5O5/c1-14(2)11-20(24(33)30-10-6-9-21(30)25(34)35)29-22(31)15(3)28-23(32)18(26)12-16-13-27-19-8-5-4-7-17(16)19/h4-5,7-8,13-15,18,20-21,27H,6,9-12,26H2,1-3H3,(H,28,32)(H,29,31)(H,34,35). The fraction of sp³-hybridized carbons (Fsp3) is 0.520. The number of nitrogens with two attached hydrogens (primary N) is 1. The van der Waals surface area contributed by atoms with Gasteiger partial charge < -0.3 is 31.4 Å².